The van der Waals surface area contributed by atoms with Crippen LogP contribution in [0.15, 0.2) is 42.6 Å². The van der Waals surface area contributed by atoms with Crippen LogP contribution < -0.4 is 5.32 Å². The van der Waals surface area contributed by atoms with E-state index < -0.39 is 5.97 Å². The molecular weight excluding hydrogens is 292 g/mol. The maximum Gasteiger partial charge on any atom is 0.355 e. The van der Waals surface area contributed by atoms with Crippen LogP contribution in [0.4, 0.5) is 0 Å². The molecule has 2 aromatic rings. The third kappa shape index (κ3) is 4.45. The van der Waals surface area contributed by atoms with Crippen LogP contribution in [-0.2, 0) is 16.6 Å². The van der Waals surface area contributed by atoms with Gasteiger partial charge in [-0.1, -0.05) is 36.8 Å². The molecule has 5 nitrogen and oxygen atoms in total. The molecule has 23 heavy (non-hydrogen) atoms. The highest BCUT2D eigenvalue weighted by Crippen LogP contribution is 2.17. The van der Waals surface area contributed by atoms with E-state index in [1.165, 1.54) is 5.56 Å². The summed E-state index contributed by atoms with van der Waals surface area (Å²) in [5.41, 5.74) is 2.63. The Morgan fingerprint density at radius 3 is 2.48 bits per heavy atom. The van der Waals surface area contributed by atoms with Gasteiger partial charge in [0.1, 0.15) is 5.69 Å². The zero-order valence-corrected chi connectivity index (χ0v) is 13.7. The van der Waals surface area contributed by atoms with Crippen LogP contribution in [-0.4, -0.2) is 23.1 Å². The molecule has 0 aliphatic rings. The van der Waals surface area contributed by atoms with Gasteiger partial charge in [-0.3, -0.25) is 4.79 Å². The number of hydrogen-bond donors (Lipinski definition) is 1. The number of amides is 1. The summed E-state index contributed by atoms with van der Waals surface area (Å²) in [7, 11) is 1.75. The van der Waals surface area contributed by atoms with Crippen LogP contribution in [0.5, 0.6) is 0 Å². The zero-order chi connectivity index (χ0) is 16.8. The summed E-state index contributed by atoms with van der Waals surface area (Å²) in [6.45, 7) is 3.74. The molecule has 1 amide bonds. The second kappa shape index (κ2) is 7.63. The molecule has 0 spiro atoms. The summed E-state index contributed by atoms with van der Waals surface area (Å²) in [6, 6.07) is 11.3. The highest BCUT2D eigenvalue weighted by molar-refractivity contribution is 5.90. The highest BCUT2D eigenvalue weighted by Gasteiger charge is 2.16. The maximum absolute atomic E-state index is 12.0. The largest absolute Gasteiger partial charge is 0.451 e. The Balaban J connectivity index is 1.89. The molecule has 0 aliphatic heterocycles. The molecule has 1 N–H and O–H groups in total. The molecule has 0 unspecified atom stereocenters. The minimum absolute atomic E-state index is 0.0863. The zero-order valence-electron chi connectivity index (χ0n) is 13.7. The third-order valence-electron chi connectivity index (χ3n) is 3.71. The Morgan fingerprint density at radius 1 is 1.22 bits per heavy atom. The summed E-state index contributed by atoms with van der Waals surface area (Å²) < 4.78 is 6.71. The lowest BCUT2D eigenvalue weighted by Crippen LogP contribution is -2.32. The molecule has 122 valence electrons. The maximum atomic E-state index is 12.0. The molecule has 1 atom stereocenters. The lowest BCUT2D eigenvalue weighted by atomic mass is 10.0. The van der Waals surface area contributed by atoms with Gasteiger partial charge in [0.2, 0.25) is 0 Å². The van der Waals surface area contributed by atoms with Gasteiger partial charge in [-0.05, 0) is 31.0 Å². The van der Waals surface area contributed by atoms with Crippen molar-refractivity contribution >= 4 is 11.9 Å². The van der Waals surface area contributed by atoms with Gasteiger partial charge in [-0.25, -0.2) is 4.79 Å². The predicted octanol–water partition coefficient (Wildman–Crippen LogP) is 2.76. The number of hydrogen-bond acceptors (Lipinski definition) is 3. The van der Waals surface area contributed by atoms with Crippen LogP contribution in [0.25, 0.3) is 0 Å². The van der Waals surface area contributed by atoms with Crippen molar-refractivity contribution in [1.29, 1.82) is 0 Å². The third-order valence-corrected chi connectivity index (χ3v) is 3.71. The van der Waals surface area contributed by atoms with Crippen molar-refractivity contribution < 1.29 is 14.3 Å². The Hall–Kier alpha value is -2.56. The molecule has 0 fully saturated rings. The monoisotopic (exact) mass is 314 g/mol. The number of aromatic nitrogens is 1. The number of carbonyl (C=O) groups excluding carboxylic acids is 2. The quantitative estimate of drug-likeness (QED) is 0.834. The minimum atomic E-state index is -0.504. The van der Waals surface area contributed by atoms with Crippen molar-refractivity contribution in [3.05, 3.63) is 59.4 Å². The second-order valence-corrected chi connectivity index (χ2v) is 5.52. The molecule has 1 heterocycles. The van der Waals surface area contributed by atoms with E-state index in [2.05, 4.69) is 5.32 Å². The fraction of sp³-hybridized carbons (Fsp3) is 0.333. The summed E-state index contributed by atoms with van der Waals surface area (Å²) in [4.78, 5) is 23.9. The SMILES string of the molecule is CC[C@H](NC(=O)COC(=O)c1cccn1C)c1ccc(C)cc1. The van der Waals surface area contributed by atoms with Gasteiger partial charge in [0.25, 0.3) is 5.91 Å². The van der Waals surface area contributed by atoms with Gasteiger partial charge in [-0.2, -0.15) is 0 Å². The molecular formula is C18H22N2O3. The van der Waals surface area contributed by atoms with Gasteiger partial charge in [-0.15, -0.1) is 0 Å². The number of aryl methyl sites for hydroxylation is 2. The Kier molecular flexibility index (Phi) is 5.57. The molecule has 0 saturated carbocycles. The van der Waals surface area contributed by atoms with Crippen molar-refractivity contribution in [2.45, 2.75) is 26.3 Å². The lowest BCUT2D eigenvalue weighted by molar-refractivity contribution is -0.125. The molecule has 2 rings (SSSR count). The van der Waals surface area contributed by atoms with E-state index in [0.29, 0.717) is 5.69 Å². The normalized spacial score (nSPS) is 11.8. The van der Waals surface area contributed by atoms with Gasteiger partial charge in [0, 0.05) is 13.2 Å². The number of benzene rings is 1. The molecule has 1 aromatic heterocycles. The van der Waals surface area contributed by atoms with Gasteiger partial charge in [0.15, 0.2) is 6.61 Å². The smallest absolute Gasteiger partial charge is 0.355 e. The van der Waals surface area contributed by atoms with E-state index in [0.717, 1.165) is 12.0 Å². The summed E-state index contributed by atoms with van der Waals surface area (Å²) >= 11 is 0. The van der Waals surface area contributed by atoms with Crippen molar-refractivity contribution in [1.82, 2.24) is 9.88 Å². The fourth-order valence-corrected chi connectivity index (χ4v) is 2.33. The Bertz CT molecular complexity index is 674. The lowest BCUT2D eigenvalue weighted by Gasteiger charge is -2.17. The average molecular weight is 314 g/mol. The summed E-state index contributed by atoms with van der Waals surface area (Å²) in [5.74, 6) is -0.809. The van der Waals surface area contributed by atoms with Crippen molar-refractivity contribution in [3.63, 3.8) is 0 Å². The van der Waals surface area contributed by atoms with Gasteiger partial charge < -0.3 is 14.6 Å². The molecule has 0 aliphatic carbocycles. The molecule has 0 saturated heterocycles. The van der Waals surface area contributed by atoms with E-state index in [1.54, 1.807) is 29.9 Å². The van der Waals surface area contributed by atoms with E-state index in [4.69, 9.17) is 4.74 Å². The van der Waals surface area contributed by atoms with Crippen molar-refractivity contribution in [3.8, 4) is 0 Å². The predicted molar refractivity (Wildman–Crippen MR) is 88.0 cm³/mol. The number of ether oxygens (including phenoxy) is 1. The standard InChI is InChI=1S/C18H22N2O3/c1-4-15(14-9-7-13(2)8-10-14)19-17(21)12-23-18(22)16-6-5-11-20(16)3/h5-11,15H,4,12H2,1-3H3,(H,19,21)/t15-/m0/s1. The summed E-state index contributed by atoms with van der Waals surface area (Å²) in [6.07, 6.45) is 2.52. The van der Waals surface area contributed by atoms with Crippen LogP contribution >= 0.6 is 0 Å². The average Bonchev–Trinajstić information content (AvgIpc) is 2.97. The topological polar surface area (TPSA) is 60.3 Å². The van der Waals surface area contributed by atoms with Crippen LogP contribution in [0.3, 0.4) is 0 Å². The molecule has 0 radical (unpaired) electrons. The molecule has 0 bridgehead atoms. The highest BCUT2D eigenvalue weighted by atomic mass is 16.5. The summed E-state index contributed by atoms with van der Waals surface area (Å²) in [5, 5.41) is 2.89. The Morgan fingerprint density at radius 2 is 1.91 bits per heavy atom. The minimum Gasteiger partial charge on any atom is -0.451 e. The number of rotatable bonds is 6. The number of nitrogens with one attached hydrogen (secondary N) is 1. The fourth-order valence-electron chi connectivity index (χ4n) is 2.33. The first-order valence-electron chi connectivity index (χ1n) is 7.65. The number of nitrogens with zero attached hydrogens (tertiary/aromatic N) is 1. The molecule has 1 aromatic carbocycles. The van der Waals surface area contributed by atoms with Crippen LogP contribution in [0.1, 0.15) is 41.0 Å². The second-order valence-electron chi connectivity index (χ2n) is 5.52. The van der Waals surface area contributed by atoms with Crippen LogP contribution in [0, 0.1) is 6.92 Å². The van der Waals surface area contributed by atoms with E-state index in [1.807, 2.05) is 38.1 Å². The number of carbonyl (C=O) groups is 2. The van der Waals surface area contributed by atoms with E-state index in [9.17, 15) is 9.59 Å². The first-order chi connectivity index (χ1) is 11.0. The Labute approximate surface area is 136 Å². The van der Waals surface area contributed by atoms with Crippen LogP contribution in [0.2, 0.25) is 0 Å². The van der Waals surface area contributed by atoms with Gasteiger partial charge >= 0.3 is 5.97 Å². The van der Waals surface area contributed by atoms with E-state index >= 15 is 0 Å². The van der Waals surface area contributed by atoms with Crippen molar-refractivity contribution in [2.75, 3.05) is 6.61 Å². The number of esters is 1. The van der Waals surface area contributed by atoms with Gasteiger partial charge in [0.05, 0.1) is 6.04 Å². The molecule has 5 heteroatoms. The first kappa shape index (κ1) is 16.8. The van der Waals surface area contributed by atoms with E-state index in [-0.39, 0.29) is 18.6 Å². The van der Waals surface area contributed by atoms with Crippen molar-refractivity contribution in [2.24, 2.45) is 7.05 Å². The first-order valence-corrected chi connectivity index (χ1v) is 7.65.